The van der Waals surface area contributed by atoms with Crippen LogP contribution in [0.3, 0.4) is 0 Å². The average Bonchev–Trinajstić information content (AvgIpc) is 2.91. The smallest absolute Gasteiger partial charge is 0.241 e. The van der Waals surface area contributed by atoms with Gasteiger partial charge in [0.1, 0.15) is 16.2 Å². The number of nitrogens with zero attached hydrogens (tertiary/aromatic N) is 1. The first-order valence-electron chi connectivity index (χ1n) is 11.9. The highest BCUT2D eigenvalue weighted by atomic mass is 79.9. The van der Waals surface area contributed by atoms with Gasteiger partial charge in [0, 0.05) is 16.3 Å². The van der Waals surface area contributed by atoms with E-state index >= 15 is 0 Å². The second-order valence-electron chi connectivity index (χ2n) is 8.80. The largest absolute Gasteiger partial charge is 0.497 e. The number of halogens is 1. The van der Waals surface area contributed by atoms with Crippen LogP contribution in [0.2, 0.25) is 0 Å². The summed E-state index contributed by atoms with van der Waals surface area (Å²) in [5.74, 6) is 1.90. The molecular formula is C29H32BrNO3S. The van der Waals surface area contributed by atoms with Gasteiger partial charge in [-0.05, 0) is 66.8 Å². The lowest BCUT2D eigenvalue weighted by atomic mass is 9.81. The Hall–Kier alpha value is -2.44. The van der Waals surface area contributed by atoms with E-state index < -0.39 is 4.75 Å². The lowest BCUT2D eigenvalue weighted by molar-refractivity contribution is -0.155. The lowest BCUT2D eigenvalue weighted by Crippen LogP contribution is -2.75. The summed E-state index contributed by atoms with van der Waals surface area (Å²) in [7, 11) is 3.35. The molecule has 4 rings (SSSR count). The van der Waals surface area contributed by atoms with Crippen LogP contribution in [0.4, 0.5) is 0 Å². The highest BCUT2D eigenvalue weighted by molar-refractivity contribution is 9.09. The molecule has 1 saturated heterocycles. The monoisotopic (exact) mass is 553 g/mol. The molecule has 1 heterocycles. The Balaban J connectivity index is 1.63. The predicted octanol–water partition coefficient (Wildman–Crippen LogP) is 6.40. The van der Waals surface area contributed by atoms with Gasteiger partial charge in [-0.2, -0.15) is 0 Å². The molecule has 1 fully saturated rings. The van der Waals surface area contributed by atoms with Crippen LogP contribution in [-0.4, -0.2) is 47.2 Å². The van der Waals surface area contributed by atoms with Crippen LogP contribution in [0.25, 0.3) is 0 Å². The molecule has 3 aromatic carbocycles. The Morgan fingerprint density at radius 2 is 1.40 bits per heavy atom. The molecule has 0 aliphatic carbocycles. The van der Waals surface area contributed by atoms with Gasteiger partial charge in [0.25, 0.3) is 0 Å². The molecule has 0 saturated carbocycles. The van der Waals surface area contributed by atoms with E-state index in [0.717, 1.165) is 41.0 Å². The van der Waals surface area contributed by atoms with E-state index in [1.807, 2.05) is 42.5 Å². The molecule has 0 radical (unpaired) electrons. The van der Waals surface area contributed by atoms with Gasteiger partial charge in [-0.3, -0.25) is 4.79 Å². The number of hydrogen-bond acceptors (Lipinski definition) is 4. The number of carbonyl (C=O) groups is 1. The summed E-state index contributed by atoms with van der Waals surface area (Å²) in [6, 6.07) is 26.7. The maximum atomic E-state index is 14.0. The molecule has 1 aliphatic heterocycles. The van der Waals surface area contributed by atoms with E-state index in [-0.39, 0.29) is 18.0 Å². The normalized spacial score (nSPS) is 19.5. The van der Waals surface area contributed by atoms with E-state index in [4.69, 9.17) is 9.47 Å². The highest BCUT2D eigenvalue weighted by Crippen LogP contribution is 2.50. The van der Waals surface area contributed by atoms with Gasteiger partial charge in [-0.1, -0.05) is 65.3 Å². The minimum absolute atomic E-state index is 0.0443. The standard InChI is InChI=1S/C29H32BrNO3S/c1-4-29(35-26-8-6-5-7-9-26)27(20-30)31(28(29)32)23(18-21-10-14-24(33-2)15-11-21)19-22-12-16-25(34-3)17-13-22/h5-17,23,27H,4,18-20H2,1-3H3. The molecule has 0 spiro atoms. The van der Waals surface area contributed by atoms with Crippen molar-refractivity contribution in [3.05, 3.63) is 90.0 Å². The molecule has 6 heteroatoms. The van der Waals surface area contributed by atoms with Gasteiger partial charge in [0.15, 0.2) is 0 Å². The van der Waals surface area contributed by atoms with Crippen molar-refractivity contribution in [2.45, 2.75) is 47.9 Å². The summed E-state index contributed by atoms with van der Waals surface area (Å²) in [6.07, 6.45) is 2.35. The predicted molar refractivity (Wildman–Crippen MR) is 147 cm³/mol. The zero-order valence-electron chi connectivity index (χ0n) is 20.4. The molecule has 0 N–H and O–H groups in total. The zero-order chi connectivity index (χ0) is 24.8. The number of benzene rings is 3. The third kappa shape index (κ3) is 5.39. The Morgan fingerprint density at radius 3 is 1.83 bits per heavy atom. The van der Waals surface area contributed by atoms with Crippen molar-refractivity contribution in [2.75, 3.05) is 19.5 Å². The second-order valence-corrected chi connectivity index (χ2v) is 10.9. The van der Waals surface area contributed by atoms with Crippen molar-refractivity contribution in [2.24, 2.45) is 0 Å². The molecular weight excluding hydrogens is 522 g/mol. The number of hydrogen-bond donors (Lipinski definition) is 0. The molecule has 2 unspecified atom stereocenters. The number of methoxy groups -OCH3 is 2. The Morgan fingerprint density at radius 1 is 0.886 bits per heavy atom. The molecule has 2 atom stereocenters. The van der Waals surface area contributed by atoms with E-state index in [2.05, 4.69) is 64.2 Å². The van der Waals surface area contributed by atoms with Crippen LogP contribution in [-0.2, 0) is 17.6 Å². The van der Waals surface area contributed by atoms with Crippen molar-refractivity contribution in [3.63, 3.8) is 0 Å². The van der Waals surface area contributed by atoms with Gasteiger partial charge in [-0.25, -0.2) is 0 Å². The molecule has 35 heavy (non-hydrogen) atoms. The Labute approximate surface area is 221 Å². The SMILES string of the molecule is CCC1(Sc2ccccc2)C(=O)N(C(Cc2ccc(OC)cc2)Cc2ccc(OC)cc2)C1CBr. The number of carbonyl (C=O) groups excluding carboxylic acids is 1. The molecule has 184 valence electrons. The van der Waals surface area contributed by atoms with E-state index in [0.29, 0.717) is 0 Å². The summed E-state index contributed by atoms with van der Waals surface area (Å²) in [5.41, 5.74) is 2.38. The molecule has 1 aliphatic rings. The fraction of sp³-hybridized carbons (Fsp3) is 0.345. The van der Waals surface area contributed by atoms with Gasteiger partial charge < -0.3 is 14.4 Å². The third-order valence-electron chi connectivity index (χ3n) is 6.84. The lowest BCUT2D eigenvalue weighted by Gasteiger charge is -2.58. The van der Waals surface area contributed by atoms with Crippen LogP contribution in [0.15, 0.2) is 83.8 Å². The summed E-state index contributed by atoms with van der Waals surface area (Å²) < 4.78 is 10.2. The summed E-state index contributed by atoms with van der Waals surface area (Å²) >= 11 is 5.47. The first-order chi connectivity index (χ1) is 17.0. The molecule has 0 aromatic heterocycles. The number of rotatable bonds is 11. The van der Waals surface area contributed by atoms with Crippen LogP contribution >= 0.6 is 27.7 Å². The molecule has 3 aromatic rings. The van der Waals surface area contributed by atoms with E-state index in [9.17, 15) is 4.79 Å². The summed E-state index contributed by atoms with van der Waals surface area (Å²) in [4.78, 5) is 17.2. The Kier molecular flexibility index (Phi) is 8.45. The zero-order valence-corrected chi connectivity index (χ0v) is 22.8. The van der Waals surface area contributed by atoms with Crippen LogP contribution in [0.5, 0.6) is 11.5 Å². The second kappa shape index (κ2) is 11.5. The number of ether oxygens (including phenoxy) is 2. The Bertz CT molecular complexity index is 1060. The van der Waals surface area contributed by atoms with Crippen molar-refractivity contribution in [1.29, 1.82) is 0 Å². The fourth-order valence-corrected chi connectivity index (χ4v) is 7.35. The minimum atomic E-state index is -0.455. The number of thioether (sulfide) groups is 1. The minimum Gasteiger partial charge on any atom is -0.497 e. The van der Waals surface area contributed by atoms with Crippen LogP contribution in [0.1, 0.15) is 24.5 Å². The molecule has 1 amide bonds. The van der Waals surface area contributed by atoms with Crippen LogP contribution < -0.4 is 9.47 Å². The average molecular weight is 555 g/mol. The van der Waals surface area contributed by atoms with Gasteiger partial charge >= 0.3 is 0 Å². The first kappa shape index (κ1) is 25.6. The van der Waals surface area contributed by atoms with E-state index in [1.165, 1.54) is 11.1 Å². The van der Waals surface area contributed by atoms with Crippen molar-refractivity contribution >= 4 is 33.6 Å². The van der Waals surface area contributed by atoms with Crippen molar-refractivity contribution in [3.8, 4) is 11.5 Å². The van der Waals surface area contributed by atoms with Crippen molar-refractivity contribution < 1.29 is 14.3 Å². The highest BCUT2D eigenvalue weighted by Gasteiger charge is 2.61. The van der Waals surface area contributed by atoms with Gasteiger partial charge in [0.05, 0.1) is 20.3 Å². The van der Waals surface area contributed by atoms with Crippen molar-refractivity contribution in [1.82, 2.24) is 4.90 Å². The van der Waals surface area contributed by atoms with Crippen LogP contribution in [0, 0.1) is 0 Å². The fourth-order valence-electron chi connectivity index (χ4n) is 4.89. The summed E-state index contributed by atoms with van der Waals surface area (Å²) in [6.45, 7) is 2.13. The number of amides is 1. The topological polar surface area (TPSA) is 38.8 Å². The molecule has 0 bridgehead atoms. The maximum Gasteiger partial charge on any atom is 0.241 e. The van der Waals surface area contributed by atoms with E-state index in [1.54, 1.807) is 26.0 Å². The molecule has 4 nitrogen and oxygen atoms in total. The summed E-state index contributed by atoms with van der Waals surface area (Å²) in [5, 5.41) is 0.744. The van der Waals surface area contributed by atoms with Gasteiger partial charge in [-0.15, -0.1) is 11.8 Å². The number of alkyl halides is 1. The number of likely N-dealkylation sites (tertiary alicyclic amines) is 1. The van der Waals surface area contributed by atoms with Gasteiger partial charge in [0.2, 0.25) is 5.91 Å². The third-order valence-corrected chi connectivity index (χ3v) is 9.06. The first-order valence-corrected chi connectivity index (χ1v) is 13.9. The maximum absolute atomic E-state index is 14.0. The quantitative estimate of drug-likeness (QED) is 0.203. The number of β-lactam (4-membered cyclic amide) rings is 1.